The molecule has 1 aromatic rings. The van der Waals surface area contributed by atoms with Gasteiger partial charge in [-0.2, -0.15) is 0 Å². The van der Waals surface area contributed by atoms with E-state index in [2.05, 4.69) is 54.7 Å². The van der Waals surface area contributed by atoms with Gasteiger partial charge in [0.25, 0.3) is 0 Å². The number of phenols is 1. The molecule has 1 rings (SSSR count). The fourth-order valence-electron chi connectivity index (χ4n) is 1.66. The maximum atomic E-state index is 11.2. The van der Waals surface area contributed by atoms with Crippen LogP contribution in [0.15, 0.2) is 13.4 Å². The molecule has 2 N–H and O–H groups in total. The molecule has 0 fully saturated rings. The van der Waals surface area contributed by atoms with Gasteiger partial charge in [0.1, 0.15) is 5.56 Å². The third-order valence-corrected chi connectivity index (χ3v) is 6.12. The topological polar surface area (TPSA) is 66.8 Å². The molecule has 0 bridgehead atoms. The maximum Gasteiger partial charge on any atom is 0.340 e. The fraction of sp³-hybridized carbons (Fsp3) is 0.462. The van der Waals surface area contributed by atoms with Crippen LogP contribution in [-0.4, -0.2) is 22.8 Å². The van der Waals surface area contributed by atoms with Crippen molar-refractivity contribution in [2.24, 2.45) is 0 Å². The first-order valence-corrected chi connectivity index (χ1v) is 8.55. The molecule has 20 heavy (non-hydrogen) atoms. The van der Waals surface area contributed by atoms with E-state index in [1.54, 1.807) is 0 Å². The SMILES string of the molecule is CCCCCCOc1c(O)c(C(=O)O)c(Br)c(Br)c1Br. The summed E-state index contributed by atoms with van der Waals surface area (Å²) in [5.74, 6) is -1.46. The summed E-state index contributed by atoms with van der Waals surface area (Å²) >= 11 is 9.71. The highest BCUT2D eigenvalue weighted by Gasteiger charge is 2.25. The van der Waals surface area contributed by atoms with Gasteiger partial charge >= 0.3 is 5.97 Å². The van der Waals surface area contributed by atoms with Crippen molar-refractivity contribution in [3.63, 3.8) is 0 Å². The molecular formula is C13H15Br3O4. The number of benzene rings is 1. The van der Waals surface area contributed by atoms with E-state index in [0.29, 0.717) is 15.6 Å². The van der Waals surface area contributed by atoms with Crippen molar-refractivity contribution >= 4 is 53.8 Å². The molecule has 0 heterocycles. The van der Waals surface area contributed by atoms with E-state index >= 15 is 0 Å². The minimum absolute atomic E-state index is 0.147. The van der Waals surface area contributed by atoms with Crippen molar-refractivity contribution in [1.82, 2.24) is 0 Å². The molecule has 0 aromatic heterocycles. The Balaban J connectivity index is 2.98. The minimum atomic E-state index is -1.22. The number of halogens is 3. The quantitative estimate of drug-likeness (QED) is 0.413. The van der Waals surface area contributed by atoms with E-state index in [-0.39, 0.29) is 21.5 Å². The standard InChI is InChI=1S/C13H15Br3O4/c1-2-3-4-5-6-20-12-10(16)9(15)8(14)7(11(12)17)13(18)19/h17H,2-6H2,1H3,(H,18,19). The summed E-state index contributed by atoms with van der Waals surface area (Å²) in [6.45, 7) is 2.55. The number of carboxylic acids is 1. The van der Waals surface area contributed by atoms with Gasteiger partial charge in [0, 0.05) is 0 Å². The summed E-state index contributed by atoms with van der Waals surface area (Å²) in [6, 6.07) is 0. The third kappa shape index (κ3) is 4.11. The van der Waals surface area contributed by atoms with Gasteiger partial charge in [-0.3, -0.25) is 0 Å². The highest BCUT2D eigenvalue weighted by Crippen LogP contribution is 2.47. The van der Waals surface area contributed by atoms with Gasteiger partial charge < -0.3 is 14.9 Å². The monoisotopic (exact) mass is 472 g/mol. The van der Waals surface area contributed by atoms with E-state index in [9.17, 15) is 9.90 Å². The van der Waals surface area contributed by atoms with Gasteiger partial charge in [0.05, 0.1) is 20.0 Å². The Morgan fingerprint density at radius 2 is 1.75 bits per heavy atom. The molecule has 0 aliphatic carbocycles. The predicted octanol–water partition coefficient (Wildman–Crippen LogP) is 5.34. The zero-order valence-electron chi connectivity index (χ0n) is 10.9. The molecule has 0 aliphatic heterocycles. The average Bonchev–Trinajstić information content (AvgIpc) is 2.39. The van der Waals surface area contributed by atoms with E-state index < -0.39 is 5.97 Å². The molecule has 0 saturated carbocycles. The van der Waals surface area contributed by atoms with Crippen LogP contribution in [0.4, 0.5) is 0 Å². The van der Waals surface area contributed by atoms with Gasteiger partial charge in [-0.1, -0.05) is 26.2 Å². The number of hydrogen-bond donors (Lipinski definition) is 2. The number of carbonyl (C=O) groups is 1. The van der Waals surface area contributed by atoms with Crippen molar-refractivity contribution in [3.05, 3.63) is 19.0 Å². The van der Waals surface area contributed by atoms with Crippen LogP contribution in [0.5, 0.6) is 11.5 Å². The summed E-state index contributed by atoms with van der Waals surface area (Å²) in [4.78, 5) is 11.2. The molecule has 0 amide bonds. The van der Waals surface area contributed by atoms with Crippen LogP contribution < -0.4 is 4.74 Å². The lowest BCUT2D eigenvalue weighted by molar-refractivity contribution is 0.0691. The molecule has 7 heteroatoms. The van der Waals surface area contributed by atoms with Crippen LogP contribution in [0.1, 0.15) is 43.0 Å². The molecule has 0 aliphatic rings. The first kappa shape index (κ1) is 17.8. The van der Waals surface area contributed by atoms with Gasteiger partial charge in [-0.15, -0.1) is 0 Å². The van der Waals surface area contributed by atoms with Gasteiger partial charge in [-0.25, -0.2) is 4.79 Å². The Labute approximate surface area is 142 Å². The van der Waals surface area contributed by atoms with Crippen LogP contribution in [0.25, 0.3) is 0 Å². The number of aromatic hydroxyl groups is 1. The molecule has 4 nitrogen and oxygen atoms in total. The zero-order chi connectivity index (χ0) is 15.3. The second kappa shape index (κ2) is 8.24. The van der Waals surface area contributed by atoms with Crippen LogP contribution in [0, 0.1) is 0 Å². The lowest BCUT2D eigenvalue weighted by Crippen LogP contribution is -2.04. The van der Waals surface area contributed by atoms with Gasteiger partial charge in [-0.05, 0) is 54.2 Å². The summed E-state index contributed by atoms with van der Waals surface area (Å²) in [6.07, 6.45) is 4.15. The summed E-state index contributed by atoms with van der Waals surface area (Å²) < 4.78 is 6.79. The normalized spacial score (nSPS) is 10.6. The number of carboxylic acid groups (broad SMARTS) is 1. The summed E-state index contributed by atoms with van der Waals surface area (Å²) in [5, 5.41) is 19.2. The number of rotatable bonds is 7. The van der Waals surface area contributed by atoms with Crippen molar-refractivity contribution in [3.8, 4) is 11.5 Å². The lowest BCUT2D eigenvalue weighted by Gasteiger charge is -2.15. The van der Waals surface area contributed by atoms with Crippen molar-refractivity contribution < 1.29 is 19.7 Å². The van der Waals surface area contributed by atoms with Crippen LogP contribution in [0.2, 0.25) is 0 Å². The number of unbranched alkanes of at least 4 members (excludes halogenated alkanes) is 3. The Bertz CT molecular complexity index is 503. The summed E-state index contributed by atoms with van der Waals surface area (Å²) in [7, 11) is 0. The Hall–Kier alpha value is -0.270. The minimum Gasteiger partial charge on any atom is -0.504 e. The molecule has 0 saturated heterocycles. The Kier molecular flexibility index (Phi) is 7.33. The molecule has 0 unspecified atom stereocenters. The second-order valence-corrected chi connectivity index (χ2v) is 6.59. The van der Waals surface area contributed by atoms with Crippen molar-refractivity contribution in [2.45, 2.75) is 32.6 Å². The molecule has 0 radical (unpaired) electrons. The number of ether oxygens (including phenoxy) is 1. The van der Waals surface area contributed by atoms with Crippen LogP contribution in [0.3, 0.4) is 0 Å². The van der Waals surface area contributed by atoms with E-state index in [1.807, 2.05) is 0 Å². The highest BCUT2D eigenvalue weighted by atomic mass is 79.9. The zero-order valence-corrected chi connectivity index (χ0v) is 15.6. The van der Waals surface area contributed by atoms with Crippen LogP contribution >= 0.6 is 47.8 Å². The smallest absolute Gasteiger partial charge is 0.340 e. The second-order valence-electron chi connectivity index (χ2n) is 4.21. The first-order valence-electron chi connectivity index (χ1n) is 6.17. The van der Waals surface area contributed by atoms with Gasteiger partial charge in [0.2, 0.25) is 0 Å². The van der Waals surface area contributed by atoms with Crippen molar-refractivity contribution in [2.75, 3.05) is 6.61 Å². The van der Waals surface area contributed by atoms with E-state index in [4.69, 9.17) is 9.84 Å². The maximum absolute atomic E-state index is 11.2. The Morgan fingerprint density at radius 1 is 1.10 bits per heavy atom. The molecular weight excluding hydrogens is 460 g/mol. The summed E-state index contributed by atoms with van der Waals surface area (Å²) in [5.41, 5.74) is -0.219. The first-order chi connectivity index (χ1) is 9.41. The third-order valence-electron chi connectivity index (χ3n) is 2.71. The number of hydrogen-bond acceptors (Lipinski definition) is 3. The van der Waals surface area contributed by atoms with E-state index in [1.165, 1.54) is 0 Å². The fourth-order valence-corrected chi connectivity index (χ4v) is 3.36. The molecule has 0 spiro atoms. The predicted molar refractivity (Wildman–Crippen MR) is 87.8 cm³/mol. The largest absolute Gasteiger partial charge is 0.504 e. The van der Waals surface area contributed by atoms with Gasteiger partial charge in [0.15, 0.2) is 11.5 Å². The van der Waals surface area contributed by atoms with Crippen LogP contribution in [-0.2, 0) is 0 Å². The average molecular weight is 475 g/mol. The highest BCUT2D eigenvalue weighted by molar-refractivity contribution is 9.14. The van der Waals surface area contributed by atoms with Crippen molar-refractivity contribution in [1.29, 1.82) is 0 Å². The molecule has 112 valence electrons. The Morgan fingerprint density at radius 3 is 2.30 bits per heavy atom. The number of aromatic carboxylic acids is 1. The molecule has 1 aromatic carbocycles. The molecule has 0 atom stereocenters. The lowest BCUT2D eigenvalue weighted by atomic mass is 10.2. The van der Waals surface area contributed by atoms with E-state index in [0.717, 1.165) is 25.7 Å².